The van der Waals surface area contributed by atoms with Gasteiger partial charge >= 0.3 is 0 Å². The third kappa shape index (κ3) is 4.04. The molecule has 17 heavy (non-hydrogen) atoms. The number of hydrogen-bond donors (Lipinski definition) is 1. The van der Waals surface area contributed by atoms with Crippen molar-refractivity contribution in [2.45, 2.75) is 53.1 Å². The molecule has 96 valence electrons. The van der Waals surface area contributed by atoms with E-state index in [1.807, 2.05) is 0 Å². The molecule has 1 unspecified atom stereocenters. The van der Waals surface area contributed by atoms with E-state index in [2.05, 4.69) is 52.1 Å². The van der Waals surface area contributed by atoms with Gasteiger partial charge in [-0.1, -0.05) is 13.8 Å². The smallest absolute Gasteiger partial charge is 0.119 e. The van der Waals surface area contributed by atoms with Crippen molar-refractivity contribution in [3.63, 3.8) is 0 Å². The van der Waals surface area contributed by atoms with Crippen molar-refractivity contribution >= 4 is 0 Å². The van der Waals surface area contributed by atoms with Crippen molar-refractivity contribution in [2.24, 2.45) is 0 Å². The standard InChI is InChI=1S/C15H25NO/c1-10(2)16-13(5)9-15-11(3)7-14(17-6)8-12(15)4/h7-8,10,13,16H,9H2,1-6H3. The van der Waals surface area contributed by atoms with Gasteiger partial charge in [-0.05, 0) is 56.0 Å². The first kappa shape index (κ1) is 14.0. The lowest BCUT2D eigenvalue weighted by atomic mass is 9.96. The number of hydrogen-bond acceptors (Lipinski definition) is 2. The lowest BCUT2D eigenvalue weighted by Crippen LogP contribution is -2.34. The van der Waals surface area contributed by atoms with Gasteiger partial charge in [0.1, 0.15) is 5.75 Å². The molecule has 0 saturated carbocycles. The Bertz CT molecular complexity index is 348. The van der Waals surface area contributed by atoms with Gasteiger partial charge in [0.25, 0.3) is 0 Å². The lowest BCUT2D eigenvalue weighted by molar-refractivity contribution is 0.413. The minimum atomic E-state index is 0.501. The minimum absolute atomic E-state index is 0.501. The van der Waals surface area contributed by atoms with Crippen LogP contribution in [0.3, 0.4) is 0 Å². The van der Waals surface area contributed by atoms with Gasteiger partial charge in [0.05, 0.1) is 7.11 Å². The first-order valence-electron chi connectivity index (χ1n) is 6.34. The number of methoxy groups -OCH3 is 1. The average Bonchev–Trinajstić information content (AvgIpc) is 2.22. The van der Waals surface area contributed by atoms with Gasteiger partial charge in [-0.15, -0.1) is 0 Å². The highest BCUT2D eigenvalue weighted by molar-refractivity contribution is 5.41. The summed E-state index contributed by atoms with van der Waals surface area (Å²) in [6.07, 6.45) is 1.07. The number of nitrogens with one attached hydrogen (secondary N) is 1. The third-order valence-electron chi connectivity index (χ3n) is 3.03. The predicted molar refractivity (Wildman–Crippen MR) is 73.9 cm³/mol. The molecule has 0 aromatic heterocycles. The molecule has 0 bridgehead atoms. The highest BCUT2D eigenvalue weighted by atomic mass is 16.5. The Hall–Kier alpha value is -1.02. The van der Waals surface area contributed by atoms with Crippen LogP contribution in [0, 0.1) is 13.8 Å². The lowest BCUT2D eigenvalue weighted by Gasteiger charge is -2.20. The highest BCUT2D eigenvalue weighted by Gasteiger charge is 2.10. The summed E-state index contributed by atoms with van der Waals surface area (Å²) in [4.78, 5) is 0. The molecule has 0 saturated heterocycles. The van der Waals surface area contributed by atoms with Crippen molar-refractivity contribution in [1.82, 2.24) is 5.32 Å². The van der Waals surface area contributed by atoms with Gasteiger partial charge in [0, 0.05) is 12.1 Å². The van der Waals surface area contributed by atoms with Crippen molar-refractivity contribution in [1.29, 1.82) is 0 Å². The van der Waals surface area contributed by atoms with Crippen LogP contribution < -0.4 is 10.1 Å². The maximum Gasteiger partial charge on any atom is 0.119 e. The largest absolute Gasteiger partial charge is 0.497 e. The van der Waals surface area contributed by atoms with Crippen LogP contribution in [0.15, 0.2) is 12.1 Å². The summed E-state index contributed by atoms with van der Waals surface area (Å²) in [5, 5.41) is 3.54. The van der Waals surface area contributed by atoms with E-state index in [4.69, 9.17) is 4.74 Å². The van der Waals surface area contributed by atoms with Crippen LogP contribution in [0.4, 0.5) is 0 Å². The quantitative estimate of drug-likeness (QED) is 0.846. The van der Waals surface area contributed by atoms with Crippen molar-refractivity contribution in [2.75, 3.05) is 7.11 Å². The Morgan fingerprint density at radius 1 is 1.12 bits per heavy atom. The van der Waals surface area contributed by atoms with Crippen molar-refractivity contribution in [3.8, 4) is 5.75 Å². The molecule has 0 spiro atoms. The Balaban J connectivity index is 2.84. The van der Waals surface area contributed by atoms with E-state index in [1.165, 1.54) is 16.7 Å². The van der Waals surface area contributed by atoms with Crippen LogP contribution in [0.1, 0.15) is 37.5 Å². The van der Waals surface area contributed by atoms with Gasteiger partial charge in [-0.25, -0.2) is 0 Å². The number of aryl methyl sites for hydroxylation is 2. The molecule has 0 radical (unpaired) electrons. The monoisotopic (exact) mass is 235 g/mol. The molecular weight excluding hydrogens is 210 g/mol. The highest BCUT2D eigenvalue weighted by Crippen LogP contribution is 2.22. The maximum absolute atomic E-state index is 5.28. The fourth-order valence-corrected chi connectivity index (χ4v) is 2.33. The number of ether oxygens (including phenoxy) is 1. The second-order valence-electron chi connectivity index (χ2n) is 5.17. The van der Waals surface area contributed by atoms with Gasteiger partial charge < -0.3 is 10.1 Å². The van der Waals surface area contributed by atoms with Crippen LogP contribution in [-0.2, 0) is 6.42 Å². The normalized spacial score (nSPS) is 12.9. The van der Waals surface area contributed by atoms with E-state index < -0.39 is 0 Å². The summed E-state index contributed by atoms with van der Waals surface area (Å²) in [6, 6.07) is 5.26. The Morgan fingerprint density at radius 3 is 2.06 bits per heavy atom. The van der Waals surface area contributed by atoms with E-state index in [1.54, 1.807) is 7.11 Å². The van der Waals surface area contributed by atoms with Crippen LogP contribution in [-0.4, -0.2) is 19.2 Å². The fourth-order valence-electron chi connectivity index (χ4n) is 2.33. The third-order valence-corrected chi connectivity index (χ3v) is 3.03. The molecule has 0 fully saturated rings. The summed E-state index contributed by atoms with van der Waals surface area (Å²) in [5.74, 6) is 0.952. The molecule has 0 aliphatic heterocycles. The summed E-state index contributed by atoms with van der Waals surface area (Å²) in [5.41, 5.74) is 4.07. The summed E-state index contributed by atoms with van der Waals surface area (Å²) in [7, 11) is 1.72. The van der Waals surface area contributed by atoms with E-state index in [-0.39, 0.29) is 0 Å². The zero-order valence-corrected chi connectivity index (χ0v) is 11.9. The second kappa shape index (κ2) is 6.06. The van der Waals surface area contributed by atoms with E-state index in [0.717, 1.165) is 12.2 Å². The maximum atomic E-state index is 5.28. The first-order valence-corrected chi connectivity index (χ1v) is 6.34. The predicted octanol–water partition coefficient (Wildman–Crippen LogP) is 3.24. The summed E-state index contributed by atoms with van der Waals surface area (Å²) in [6.45, 7) is 10.9. The van der Waals surface area contributed by atoms with Crippen molar-refractivity contribution in [3.05, 3.63) is 28.8 Å². The molecule has 1 aromatic carbocycles. The van der Waals surface area contributed by atoms with Crippen LogP contribution in [0.5, 0.6) is 5.75 Å². The second-order valence-corrected chi connectivity index (χ2v) is 5.17. The Kier molecular flexibility index (Phi) is 5.01. The van der Waals surface area contributed by atoms with Gasteiger partial charge in [0.15, 0.2) is 0 Å². The molecule has 0 heterocycles. The molecule has 1 rings (SSSR count). The molecule has 1 atom stereocenters. The molecule has 0 aliphatic rings. The Labute approximate surface area is 105 Å². The van der Waals surface area contributed by atoms with Gasteiger partial charge in [-0.2, -0.15) is 0 Å². The zero-order valence-electron chi connectivity index (χ0n) is 11.9. The van der Waals surface area contributed by atoms with E-state index in [0.29, 0.717) is 12.1 Å². The van der Waals surface area contributed by atoms with Crippen LogP contribution in [0.2, 0.25) is 0 Å². The average molecular weight is 235 g/mol. The van der Waals surface area contributed by atoms with Gasteiger partial charge in [-0.3, -0.25) is 0 Å². The van der Waals surface area contributed by atoms with E-state index in [9.17, 15) is 0 Å². The summed E-state index contributed by atoms with van der Waals surface area (Å²) < 4.78 is 5.28. The topological polar surface area (TPSA) is 21.3 Å². The number of rotatable bonds is 5. The Morgan fingerprint density at radius 2 is 1.65 bits per heavy atom. The van der Waals surface area contributed by atoms with E-state index >= 15 is 0 Å². The minimum Gasteiger partial charge on any atom is -0.497 e. The SMILES string of the molecule is COc1cc(C)c(CC(C)NC(C)C)c(C)c1. The fraction of sp³-hybridized carbons (Fsp3) is 0.600. The van der Waals surface area contributed by atoms with Crippen LogP contribution >= 0.6 is 0 Å². The number of benzene rings is 1. The molecule has 2 nitrogen and oxygen atoms in total. The van der Waals surface area contributed by atoms with Gasteiger partial charge in [0.2, 0.25) is 0 Å². The molecule has 1 N–H and O–H groups in total. The molecule has 1 aromatic rings. The molecule has 0 amide bonds. The zero-order chi connectivity index (χ0) is 13.0. The molecule has 2 heteroatoms. The van der Waals surface area contributed by atoms with Crippen LogP contribution in [0.25, 0.3) is 0 Å². The molecular formula is C15H25NO. The molecule has 0 aliphatic carbocycles. The van der Waals surface area contributed by atoms with Crippen molar-refractivity contribution < 1.29 is 4.74 Å². The summed E-state index contributed by atoms with van der Waals surface area (Å²) >= 11 is 0. The first-order chi connectivity index (χ1) is 7.93.